The molecule has 5 nitrogen and oxygen atoms in total. The maximum Gasteiger partial charge on any atom is 0.335 e. The van der Waals surface area contributed by atoms with Gasteiger partial charge in [0.05, 0.1) is 5.56 Å². The highest BCUT2D eigenvalue weighted by molar-refractivity contribution is 5.93. The van der Waals surface area contributed by atoms with Gasteiger partial charge in [0, 0.05) is 19.3 Å². The lowest BCUT2D eigenvalue weighted by atomic mass is 10.1. The smallest absolute Gasteiger partial charge is 0.335 e. The minimum atomic E-state index is -1.01. The van der Waals surface area contributed by atoms with Crippen molar-refractivity contribution in [3.63, 3.8) is 0 Å². The summed E-state index contributed by atoms with van der Waals surface area (Å²) in [5.74, 6) is -0.579. The Hall–Kier alpha value is -2.04. The molecular weight excluding hydrogens is 244 g/mol. The minimum absolute atomic E-state index is 0.155. The molecule has 0 aliphatic carbocycles. The Morgan fingerprint density at radius 1 is 1.42 bits per heavy atom. The van der Waals surface area contributed by atoms with Crippen LogP contribution in [0.1, 0.15) is 30.6 Å². The van der Waals surface area contributed by atoms with Gasteiger partial charge in [0.1, 0.15) is 0 Å². The van der Waals surface area contributed by atoms with Crippen LogP contribution in [0.25, 0.3) is 0 Å². The first-order valence-corrected chi connectivity index (χ1v) is 6.29. The molecule has 0 saturated carbocycles. The molecule has 2 amide bonds. The second kappa shape index (κ2) is 6.78. The lowest BCUT2D eigenvalue weighted by molar-refractivity contribution is 0.0697. The SMILES string of the molecule is CCC(C)CN(C)C(=O)Nc1cccc(C(=O)O)c1. The standard InChI is InChI=1S/C14H20N2O3/c1-4-10(2)9-16(3)14(19)15-12-7-5-6-11(8-12)13(17)18/h5-8,10H,4,9H2,1-3H3,(H,15,19)(H,17,18). The van der Waals surface area contributed by atoms with Gasteiger partial charge in [-0.1, -0.05) is 26.3 Å². The normalized spacial score (nSPS) is 11.7. The number of nitrogens with zero attached hydrogens (tertiary/aromatic N) is 1. The number of rotatable bonds is 5. The molecule has 0 saturated heterocycles. The number of carbonyl (C=O) groups excluding carboxylic acids is 1. The van der Waals surface area contributed by atoms with E-state index in [1.54, 1.807) is 24.1 Å². The number of carboxylic acid groups (broad SMARTS) is 1. The number of hydrogen-bond acceptors (Lipinski definition) is 2. The fraction of sp³-hybridized carbons (Fsp3) is 0.429. The number of nitrogens with one attached hydrogen (secondary N) is 1. The van der Waals surface area contributed by atoms with Gasteiger partial charge in [-0.25, -0.2) is 9.59 Å². The highest BCUT2D eigenvalue weighted by atomic mass is 16.4. The fourth-order valence-corrected chi connectivity index (χ4v) is 1.63. The zero-order valence-corrected chi connectivity index (χ0v) is 11.5. The molecule has 1 atom stereocenters. The Bertz CT molecular complexity index is 460. The average Bonchev–Trinajstić information content (AvgIpc) is 2.38. The Kier molecular flexibility index (Phi) is 5.36. The van der Waals surface area contributed by atoms with Crippen molar-refractivity contribution in [1.82, 2.24) is 4.90 Å². The summed E-state index contributed by atoms with van der Waals surface area (Å²) in [4.78, 5) is 24.3. The van der Waals surface area contributed by atoms with Crippen LogP contribution >= 0.6 is 0 Å². The van der Waals surface area contributed by atoms with Crippen molar-refractivity contribution in [3.05, 3.63) is 29.8 Å². The summed E-state index contributed by atoms with van der Waals surface area (Å²) in [5, 5.41) is 11.6. The number of carboxylic acids is 1. The quantitative estimate of drug-likeness (QED) is 0.859. The summed E-state index contributed by atoms with van der Waals surface area (Å²) in [6, 6.07) is 5.97. The summed E-state index contributed by atoms with van der Waals surface area (Å²) >= 11 is 0. The number of urea groups is 1. The van der Waals surface area contributed by atoms with Gasteiger partial charge < -0.3 is 15.3 Å². The van der Waals surface area contributed by atoms with Gasteiger partial charge in [0.25, 0.3) is 0 Å². The molecule has 1 unspecified atom stereocenters. The number of carbonyl (C=O) groups is 2. The van der Waals surface area contributed by atoms with Gasteiger partial charge in [-0.2, -0.15) is 0 Å². The Morgan fingerprint density at radius 3 is 2.68 bits per heavy atom. The summed E-state index contributed by atoms with van der Waals surface area (Å²) < 4.78 is 0. The Labute approximate surface area is 113 Å². The number of anilines is 1. The molecule has 0 aliphatic heterocycles. The third-order valence-corrected chi connectivity index (χ3v) is 2.99. The summed E-state index contributed by atoms with van der Waals surface area (Å²) in [6.07, 6.45) is 1.01. The van der Waals surface area contributed by atoms with E-state index in [1.807, 2.05) is 0 Å². The van der Waals surface area contributed by atoms with E-state index in [0.29, 0.717) is 18.2 Å². The van der Waals surface area contributed by atoms with Gasteiger partial charge in [-0.15, -0.1) is 0 Å². The van der Waals surface area contributed by atoms with Crippen LogP contribution in [0.15, 0.2) is 24.3 Å². The number of hydrogen-bond donors (Lipinski definition) is 2. The van der Waals surface area contributed by atoms with Crippen LogP contribution in [0, 0.1) is 5.92 Å². The third kappa shape index (κ3) is 4.62. The van der Waals surface area contributed by atoms with Crippen molar-refractivity contribution in [3.8, 4) is 0 Å². The Balaban J connectivity index is 2.66. The Morgan fingerprint density at radius 2 is 2.11 bits per heavy atom. The molecule has 1 aromatic carbocycles. The van der Waals surface area contributed by atoms with Crippen molar-refractivity contribution in [1.29, 1.82) is 0 Å². The van der Waals surface area contributed by atoms with E-state index in [2.05, 4.69) is 19.2 Å². The van der Waals surface area contributed by atoms with Crippen LogP contribution in [0.5, 0.6) is 0 Å². The van der Waals surface area contributed by atoms with Crippen molar-refractivity contribution in [2.24, 2.45) is 5.92 Å². The van der Waals surface area contributed by atoms with E-state index in [-0.39, 0.29) is 11.6 Å². The van der Waals surface area contributed by atoms with E-state index in [0.717, 1.165) is 6.42 Å². The molecule has 0 aliphatic rings. The zero-order valence-electron chi connectivity index (χ0n) is 11.5. The molecule has 0 radical (unpaired) electrons. The lowest BCUT2D eigenvalue weighted by Gasteiger charge is -2.21. The molecule has 0 fully saturated rings. The van der Waals surface area contributed by atoms with E-state index in [1.165, 1.54) is 12.1 Å². The highest BCUT2D eigenvalue weighted by Gasteiger charge is 2.12. The largest absolute Gasteiger partial charge is 0.478 e. The average molecular weight is 264 g/mol. The molecular formula is C14H20N2O3. The maximum absolute atomic E-state index is 11.9. The highest BCUT2D eigenvalue weighted by Crippen LogP contribution is 2.12. The molecule has 19 heavy (non-hydrogen) atoms. The number of amides is 2. The molecule has 0 spiro atoms. The topological polar surface area (TPSA) is 69.6 Å². The summed E-state index contributed by atoms with van der Waals surface area (Å²) in [6.45, 7) is 4.82. The van der Waals surface area contributed by atoms with Crippen molar-refractivity contribution in [2.45, 2.75) is 20.3 Å². The lowest BCUT2D eigenvalue weighted by Crippen LogP contribution is -2.34. The van der Waals surface area contributed by atoms with Crippen LogP contribution in [0.2, 0.25) is 0 Å². The predicted octanol–water partition coefficient (Wildman–Crippen LogP) is 2.89. The van der Waals surface area contributed by atoms with Gasteiger partial charge >= 0.3 is 12.0 Å². The maximum atomic E-state index is 11.9. The van der Waals surface area contributed by atoms with Gasteiger partial charge in [0.15, 0.2) is 0 Å². The van der Waals surface area contributed by atoms with E-state index >= 15 is 0 Å². The monoisotopic (exact) mass is 264 g/mol. The molecule has 1 rings (SSSR count). The summed E-state index contributed by atoms with van der Waals surface area (Å²) in [7, 11) is 1.72. The van der Waals surface area contributed by atoms with E-state index < -0.39 is 5.97 Å². The van der Waals surface area contributed by atoms with Crippen LogP contribution in [0.3, 0.4) is 0 Å². The third-order valence-electron chi connectivity index (χ3n) is 2.99. The van der Waals surface area contributed by atoms with Crippen molar-refractivity contribution in [2.75, 3.05) is 18.9 Å². The first kappa shape index (κ1) is 15.0. The van der Waals surface area contributed by atoms with Crippen molar-refractivity contribution >= 4 is 17.7 Å². The first-order valence-electron chi connectivity index (χ1n) is 6.29. The molecule has 0 aromatic heterocycles. The number of benzene rings is 1. The molecule has 5 heteroatoms. The minimum Gasteiger partial charge on any atom is -0.478 e. The zero-order chi connectivity index (χ0) is 14.4. The molecule has 0 heterocycles. The fourth-order valence-electron chi connectivity index (χ4n) is 1.63. The van der Waals surface area contributed by atoms with Crippen LogP contribution < -0.4 is 5.32 Å². The molecule has 0 bridgehead atoms. The predicted molar refractivity (Wildman–Crippen MR) is 74.5 cm³/mol. The molecule has 1 aromatic rings. The van der Waals surface area contributed by atoms with Crippen molar-refractivity contribution < 1.29 is 14.7 Å². The van der Waals surface area contributed by atoms with Gasteiger partial charge in [-0.05, 0) is 24.1 Å². The second-order valence-electron chi connectivity index (χ2n) is 4.71. The van der Waals surface area contributed by atoms with Crippen LogP contribution in [0.4, 0.5) is 10.5 Å². The second-order valence-corrected chi connectivity index (χ2v) is 4.71. The van der Waals surface area contributed by atoms with Crippen LogP contribution in [-0.4, -0.2) is 35.6 Å². The molecule has 2 N–H and O–H groups in total. The first-order chi connectivity index (χ1) is 8.93. The summed E-state index contributed by atoms with van der Waals surface area (Å²) in [5.41, 5.74) is 0.642. The van der Waals surface area contributed by atoms with E-state index in [4.69, 9.17) is 5.11 Å². The van der Waals surface area contributed by atoms with Gasteiger partial charge in [0.2, 0.25) is 0 Å². The van der Waals surface area contributed by atoms with Gasteiger partial charge in [-0.3, -0.25) is 0 Å². The number of aromatic carboxylic acids is 1. The molecule has 104 valence electrons. The van der Waals surface area contributed by atoms with E-state index in [9.17, 15) is 9.59 Å². The van der Waals surface area contributed by atoms with Crippen LogP contribution in [-0.2, 0) is 0 Å².